The van der Waals surface area contributed by atoms with E-state index < -0.39 is 11.9 Å². The number of nitrogens with one attached hydrogen (secondary N) is 2. The Bertz CT molecular complexity index is 738. The molecule has 0 saturated heterocycles. The number of nitrogens with zero attached hydrogens (tertiary/aromatic N) is 3. The molecule has 3 amide bonds. The van der Waals surface area contributed by atoms with Gasteiger partial charge in [-0.2, -0.15) is 0 Å². The second-order valence-electron chi connectivity index (χ2n) is 9.49. The van der Waals surface area contributed by atoms with Gasteiger partial charge in [0.15, 0.2) is 0 Å². The van der Waals surface area contributed by atoms with Crippen molar-refractivity contribution < 1.29 is 14.4 Å². The Labute approximate surface area is 197 Å². The standard InChI is InChI=1S/C24H42N6O3/c1-18(2)30-17-20(28-29-30)14-15-22(31)26-16-10-9-13-21(23(25)32)27-24(33)19-11-7-5-3-4-6-8-12-19/h17-19,21H,3-16H2,1-2H3,(H2,25,32)(H,26,31)(H,27,33)/t21-/m0/s1. The van der Waals surface area contributed by atoms with Crippen molar-refractivity contribution in [3.63, 3.8) is 0 Å². The summed E-state index contributed by atoms with van der Waals surface area (Å²) in [5.41, 5.74) is 6.34. The van der Waals surface area contributed by atoms with Crippen LogP contribution in [0.25, 0.3) is 0 Å². The quantitative estimate of drug-likeness (QED) is 0.411. The average Bonchev–Trinajstić information content (AvgIpc) is 3.30. The number of unbranched alkanes of at least 4 members (excludes halogenated alkanes) is 1. The summed E-state index contributed by atoms with van der Waals surface area (Å²) in [4.78, 5) is 36.6. The number of nitrogens with two attached hydrogens (primary N) is 1. The predicted octanol–water partition coefficient (Wildman–Crippen LogP) is 2.80. The maximum absolute atomic E-state index is 12.7. The van der Waals surface area contributed by atoms with E-state index in [1.165, 1.54) is 25.7 Å². The van der Waals surface area contributed by atoms with Crippen molar-refractivity contribution in [3.8, 4) is 0 Å². The molecular weight excluding hydrogens is 420 g/mol. The molecule has 1 atom stereocenters. The second kappa shape index (κ2) is 14.6. The van der Waals surface area contributed by atoms with Crippen molar-refractivity contribution in [2.24, 2.45) is 11.7 Å². The van der Waals surface area contributed by atoms with E-state index in [2.05, 4.69) is 20.9 Å². The molecule has 1 heterocycles. The van der Waals surface area contributed by atoms with Gasteiger partial charge in [-0.15, -0.1) is 5.10 Å². The van der Waals surface area contributed by atoms with E-state index in [9.17, 15) is 14.4 Å². The van der Waals surface area contributed by atoms with Gasteiger partial charge in [-0.3, -0.25) is 14.4 Å². The average molecular weight is 463 g/mol. The number of amides is 3. The summed E-state index contributed by atoms with van der Waals surface area (Å²) >= 11 is 0. The highest BCUT2D eigenvalue weighted by atomic mass is 16.2. The topological polar surface area (TPSA) is 132 Å². The molecule has 9 nitrogen and oxygen atoms in total. The minimum absolute atomic E-state index is 0.0219. The zero-order valence-electron chi connectivity index (χ0n) is 20.4. The van der Waals surface area contributed by atoms with E-state index in [4.69, 9.17) is 5.73 Å². The van der Waals surface area contributed by atoms with Crippen LogP contribution >= 0.6 is 0 Å². The summed E-state index contributed by atoms with van der Waals surface area (Å²) in [5.74, 6) is -0.589. The molecule has 1 aromatic rings. The first-order chi connectivity index (χ1) is 15.9. The van der Waals surface area contributed by atoms with Gasteiger partial charge < -0.3 is 16.4 Å². The van der Waals surface area contributed by atoms with E-state index in [-0.39, 0.29) is 23.8 Å². The minimum Gasteiger partial charge on any atom is -0.368 e. The zero-order chi connectivity index (χ0) is 24.1. The van der Waals surface area contributed by atoms with Crippen LogP contribution in [-0.4, -0.2) is 45.3 Å². The number of aromatic nitrogens is 3. The van der Waals surface area contributed by atoms with Crippen molar-refractivity contribution in [1.29, 1.82) is 0 Å². The van der Waals surface area contributed by atoms with E-state index in [0.717, 1.165) is 37.8 Å². The van der Waals surface area contributed by atoms with Crippen LogP contribution in [0.1, 0.15) is 103 Å². The number of aryl methyl sites for hydroxylation is 1. The van der Waals surface area contributed by atoms with Crippen molar-refractivity contribution >= 4 is 17.7 Å². The number of carbonyl (C=O) groups is 3. The Morgan fingerprint density at radius 2 is 1.76 bits per heavy atom. The fraction of sp³-hybridized carbons (Fsp3) is 0.792. The molecule has 4 N–H and O–H groups in total. The molecule has 1 aliphatic rings. The predicted molar refractivity (Wildman–Crippen MR) is 127 cm³/mol. The fourth-order valence-corrected chi connectivity index (χ4v) is 4.18. The summed E-state index contributed by atoms with van der Waals surface area (Å²) in [7, 11) is 0. The second-order valence-corrected chi connectivity index (χ2v) is 9.49. The Morgan fingerprint density at radius 1 is 1.09 bits per heavy atom. The third-order valence-electron chi connectivity index (χ3n) is 6.32. The molecule has 33 heavy (non-hydrogen) atoms. The SMILES string of the molecule is CC(C)n1cc(CCC(=O)NCCCC[C@H](NC(=O)C2CCCCCCCC2)C(N)=O)nn1. The summed E-state index contributed by atoms with van der Waals surface area (Å²) in [6, 6.07) is -0.403. The fourth-order valence-electron chi connectivity index (χ4n) is 4.18. The number of rotatable bonds is 12. The largest absolute Gasteiger partial charge is 0.368 e. The number of hydrogen-bond donors (Lipinski definition) is 3. The first-order valence-electron chi connectivity index (χ1n) is 12.6. The summed E-state index contributed by atoms with van der Waals surface area (Å²) in [5, 5.41) is 13.9. The molecular formula is C24H42N6O3. The third-order valence-corrected chi connectivity index (χ3v) is 6.32. The Kier molecular flexibility index (Phi) is 11.9. The third kappa shape index (κ3) is 10.4. The van der Waals surface area contributed by atoms with Crippen molar-refractivity contribution in [2.45, 2.75) is 109 Å². The highest BCUT2D eigenvalue weighted by Gasteiger charge is 2.24. The number of primary amides is 1. The molecule has 0 radical (unpaired) electrons. The molecule has 1 saturated carbocycles. The van der Waals surface area contributed by atoms with E-state index in [1.54, 1.807) is 4.68 Å². The highest BCUT2D eigenvalue weighted by molar-refractivity contribution is 5.87. The monoisotopic (exact) mass is 462 g/mol. The van der Waals surface area contributed by atoms with E-state index in [0.29, 0.717) is 32.2 Å². The molecule has 1 aromatic heterocycles. The van der Waals surface area contributed by atoms with Crippen LogP contribution in [0.5, 0.6) is 0 Å². The van der Waals surface area contributed by atoms with Crippen LogP contribution in [0.4, 0.5) is 0 Å². The van der Waals surface area contributed by atoms with Crippen molar-refractivity contribution in [2.75, 3.05) is 6.54 Å². The molecule has 0 aliphatic heterocycles. The molecule has 0 aromatic carbocycles. The lowest BCUT2D eigenvalue weighted by atomic mass is 9.95. The normalized spacial score (nSPS) is 16.5. The smallest absolute Gasteiger partial charge is 0.239 e. The lowest BCUT2D eigenvalue weighted by Gasteiger charge is -2.20. The minimum atomic E-state index is -0.649. The van der Waals surface area contributed by atoms with E-state index in [1.807, 2.05) is 20.0 Å². The van der Waals surface area contributed by atoms with Crippen LogP contribution in [-0.2, 0) is 20.8 Å². The molecule has 2 rings (SSSR count). The molecule has 0 unspecified atom stereocenters. The van der Waals surface area contributed by atoms with Crippen LogP contribution < -0.4 is 16.4 Å². The van der Waals surface area contributed by atoms with Crippen LogP contribution in [0, 0.1) is 5.92 Å². The first kappa shape index (κ1) is 26.8. The summed E-state index contributed by atoms with van der Waals surface area (Å²) < 4.78 is 1.78. The van der Waals surface area contributed by atoms with Gasteiger partial charge >= 0.3 is 0 Å². The van der Waals surface area contributed by atoms with Gasteiger partial charge in [0.05, 0.1) is 5.69 Å². The first-order valence-corrected chi connectivity index (χ1v) is 12.6. The Hall–Kier alpha value is -2.45. The molecule has 186 valence electrons. The van der Waals surface area contributed by atoms with Crippen molar-refractivity contribution in [3.05, 3.63) is 11.9 Å². The van der Waals surface area contributed by atoms with Gasteiger partial charge in [0.25, 0.3) is 0 Å². The number of carbonyl (C=O) groups excluding carboxylic acids is 3. The van der Waals surface area contributed by atoms with Gasteiger partial charge in [0.1, 0.15) is 6.04 Å². The molecule has 0 spiro atoms. The van der Waals surface area contributed by atoms with Gasteiger partial charge in [0, 0.05) is 37.5 Å². The zero-order valence-corrected chi connectivity index (χ0v) is 20.4. The van der Waals surface area contributed by atoms with Gasteiger partial charge in [-0.25, -0.2) is 4.68 Å². The van der Waals surface area contributed by atoms with Crippen molar-refractivity contribution in [1.82, 2.24) is 25.6 Å². The lowest BCUT2D eigenvalue weighted by molar-refractivity contribution is -0.130. The van der Waals surface area contributed by atoms with E-state index >= 15 is 0 Å². The molecule has 0 bridgehead atoms. The highest BCUT2D eigenvalue weighted by Crippen LogP contribution is 2.22. The van der Waals surface area contributed by atoms with Crippen LogP contribution in [0.3, 0.4) is 0 Å². The molecule has 1 fully saturated rings. The maximum Gasteiger partial charge on any atom is 0.239 e. The van der Waals surface area contributed by atoms with Gasteiger partial charge in [0.2, 0.25) is 17.7 Å². The summed E-state index contributed by atoms with van der Waals surface area (Å²) in [6.45, 7) is 4.58. The maximum atomic E-state index is 12.7. The number of hydrogen-bond acceptors (Lipinski definition) is 5. The Balaban J connectivity index is 1.64. The van der Waals surface area contributed by atoms with Gasteiger partial charge in [-0.05, 0) is 46.0 Å². The van der Waals surface area contributed by atoms with Crippen LogP contribution in [0.2, 0.25) is 0 Å². The van der Waals surface area contributed by atoms with Crippen LogP contribution in [0.15, 0.2) is 6.20 Å². The molecule has 9 heteroatoms. The lowest BCUT2D eigenvalue weighted by Crippen LogP contribution is -2.46. The summed E-state index contributed by atoms with van der Waals surface area (Å²) in [6.07, 6.45) is 13.4. The van der Waals surface area contributed by atoms with Gasteiger partial charge in [-0.1, -0.05) is 43.7 Å². The Morgan fingerprint density at radius 3 is 2.36 bits per heavy atom. The molecule has 1 aliphatic carbocycles.